The molecule has 3 atom stereocenters. The number of aromatic hydroxyl groups is 1. The van der Waals surface area contributed by atoms with Crippen molar-refractivity contribution in [3.63, 3.8) is 0 Å². The first kappa shape index (κ1) is 20.7. The molecule has 1 saturated heterocycles. The number of ether oxygens (including phenoxy) is 5. The van der Waals surface area contributed by atoms with E-state index in [4.69, 9.17) is 23.7 Å². The largest absolute Gasteiger partial charge is 0.503 e. The Bertz CT molecular complexity index is 1000. The molecule has 0 saturated carbocycles. The van der Waals surface area contributed by atoms with Crippen LogP contribution < -0.4 is 18.9 Å². The standard InChI is InChI=1S/C22H23BrO7/c1-26-14-7-11(6-13(23)19(14)24)16-17-10(5-12-9-30-22(25)18(12)16)8-15(27-2)20(28-3)21(17)29-4/h6-8,12,16,18,24H,5,9H2,1-4H3/t12-,16-,18-/m0/s1. The van der Waals surface area contributed by atoms with Gasteiger partial charge in [0.1, 0.15) is 0 Å². The molecule has 0 radical (unpaired) electrons. The molecule has 0 unspecified atom stereocenters. The van der Waals surface area contributed by atoms with Crippen molar-refractivity contribution in [2.24, 2.45) is 11.8 Å². The SMILES string of the molecule is COc1cc([C@H]2c3c(cc(OC)c(OC)c3OC)C[C@H]3COC(=O)[C@@H]32)cc(Br)c1O. The minimum Gasteiger partial charge on any atom is -0.503 e. The molecule has 8 heteroatoms. The first-order chi connectivity index (χ1) is 14.4. The zero-order chi connectivity index (χ0) is 21.6. The normalized spacial score (nSPS) is 22.0. The molecule has 7 nitrogen and oxygen atoms in total. The Labute approximate surface area is 183 Å². The molecule has 0 spiro atoms. The minimum atomic E-state index is -0.384. The fourth-order valence-corrected chi connectivity index (χ4v) is 5.14. The van der Waals surface area contributed by atoms with Gasteiger partial charge in [0.2, 0.25) is 5.75 Å². The van der Waals surface area contributed by atoms with E-state index in [0.717, 1.165) is 16.7 Å². The van der Waals surface area contributed by atoms with Gasteiger partial charge in [-0.1, -0.05) is 0 Å². The zero-order valence-electron chi connectivity index (χ0n) is 17.2. The number of carbonyl (C=O) groups excluding carboxylic acids is 1. The van der Waals surface area contributed by atoms with Gasteiger partial charge in [-0.3, -0.25) is 4.79 Å². The summed E-state index contributed by atoms with van der Waals surface area (Å²) < 4.78 is 28.2. The van der Waals surface area contributed by atoms with Crippen molar-refractivity contribution in [3.8, 4) is 28.7 Å². The molecule has 4 rings (SSSR count). The molecule has 30 heavy (non-hydrogen) atoms. The van der Waals surface area contributed by atoms with E-state index in [9.17, 15) is 9.90 Å². The van der Waals surface area contributed by atoms with Crippen LogP contribution in [0.25, 0.3) is 0 Å². The first-order valence-corrected chi connectivity index (χ1v) is 10.3. The lowest BCUT2D eigenvalue weighted by Gasteiger charge is -2.35. The van der Waals surface area contributed by atoms with Gasteiger partial charge in [-0.15, -0.1) is 0 Å². The smallest absolute Gasteiger partial charge is 0.310 e. The van der Waals surface area contributed by atoms with Gasteiger partial charge in [-0.25, -0.2) is 0 Å². The lowest BCUT2D eigenvalue weighted by atomic mass is 9.67. The van der Waals surface area contributed by atoms with Crippen LogP contribution in [0.1, 0.15) is 22.6 Å². The van der Waals surface area contributed by atoms with Gasteiger partial charge in [0, 0.05) is 17.4 Å². The van der Waals surface area contributed by atoms with Crippen molar-refractivity contribution in [3.05, 3.63) is 39.4 Å². The van der Waals surface area contributed by atoms with E-state index < -0.39 is 0 Å². The number of hydrogen-bond acceptors (Lipinski definition) is 7. The third-order valence-electron chi connectivity index (χ3n) is 5.96. The predicted octanol–water partition coefficient (Wildman–Crippen LogP) is 3.67. The lowest BCUT2D eigenvalue weighted by molar-refractivity contribution is -0.141. The van der Waals surface area contributed by atoms with E-state index in [-0.39, 0.29) is 29.5 Å². The second-order valence-electron chi connectivity index (χ2n) is 7.37. The fraction of sp³-hybridized carbons (Fsp3) is 0.409. The molecule has 0 amide bonds. The Morgan fingerprint density at radius 1 is 1.00 bits per heavy atom. The van der Waals surface area contributed by atoms with Crippen LogP contribution in [0.5, 0.6) is 28.7 Å². The molecule has 1 heterocycles. The first-order valence-electron chi connectivity index (χ1n) is 9.49. The van der Waals surface area contributed by atoms with E-state index >= 15 is 0 Å². The zero-order valence-corrected chi connectivity index (χ0v) is 18.7. The van der Waals surface area contributed by atoms with E-state index in [1.165, 1.54) is 7.11 Å². The third kappa shape index (κ3) is 3.05. The van der Waals surface area contributed by atoms with E-state index in [1.54, 1.807) is 33.5 Å². The number of methoxy groups -OCH3 is 4. The quantitative estimate of drug-likeness (QED) is 0.656. The summed E-state index contributed by atoms with van der Waals surface area (Å²) in [5.74, 6) is 0.916. The van der Waals surface area contributed by atoms with E-state index in [2.05, 4.69) is 15.9 Å². The van der Waals surface area contributed by atoms with Crippen molar-refractivity contribution in [1.82, 2.24) is 0 Å². The summed E-state index contributed by atoms with van der Waals surface area (Å²) >= 11 is 3.40. The van der Waals surface area contributed by atoms with Crippen LogP contribution >= 0.6 is 15.9 Å². The number of phenolic OH excluding ortho intramolecular Hbond substituents is 1. The van der Waals surface area contributed by atoms with E-state index in [1.807, 2.05) is 6.07 Å². The van der Waals surface area contributed by atoms with Crippen LogP contribution in [0, 0.1) is 11.8 Å². The van der Waals surface area contributed by atoms with Gasteiger partial charge >= 0.3 is 5.97 Å². The van der Waals surface area contributed by atoms with Crippen LogP contribution in [0.4, 0.5) is 0 Å². The molecule has 1 fully saturated rings. The van der Waals surface area contributed by atoms with Gasteiger partial charge in [-0.05, 0) is 51.7 Å². The molecule has 0 aromatic heterocycles. The average molecular weight is 479 g/mol. The molecule has 1 aliphatic carbocycles. The average Bonchev–Trinajstić information content (AvgIpc) is 3.12. The monoisotopic (exact) mass is 478 g/mol. The highest BCUT2D eigenvalue weighted by Crippen LogP contribution is 2.55. The van der Waals surface area contributed by atoms with E-state index in [0.29, 0.717) is 40.5 Å². The molecule has 2 aliphatic rings. The molecule has 160 valence electrons. The van der Waals surface area contributed by atoms with Crippen LogP contribution in [-0.2, 0) is 16.0 Å². The van der Waals surface area contributed by atoms with Crippen molar-refractivity contribution in [2.45, 2.75) is 12.3 Å². The number of phenols is 1. The molecule has 1 N–H and O–H groups in total. The van der Waals surface area contributed by atoms with Crippen molar-refractivity contribution < 1.29 is 33.6 Å². The van der Waals surface area contributed by atoms with Gasteiger partial charge < -0.3 is 28.8 Å². The van der Waals surface area contributed by atoms with Crippen LogP contribution in [0.15, 0.2) is 22.7 Å². The second-order valence-corrected chi connectivity index (χ2v) is 8.22. The van der Waals surface area contributed by atoms with Crippen molar-refractivity contribution >= 4 is 21.9 Å². The molecule has 1 aliphatic heterocycles. The summed E-state index contributed by atoms with van der Waals surface area (Å²) in [5, 5.41) is 10.3. The maximum absolute atomic E-state index is 12.8. The predicted molar refractivity (Wildman–Crippen MR) is 112 cm³/mol. The Hall–Kier alpha value is -2.61. The molecule has 0 bridgehead atoms. The maximum atomic E-state index is 12.8. The van der Waals surface area contributed by atoms with Gasteiger partial charge in [0.05, 0.1) is 45.4 Å². The number of hydrogen-bond donors (Lipinski definition) is 1. The molecule has 2 aromatic rings. The van der Waals surface area contributed by atoms with Crippen LogP contribution in [0.3, 0.4) is 0 Å². The van der Waals surface area contributed by atoms with Crippen molar-refractivity contribution in [2.75, 3.05) is 35.0 Å². The van der Waals surface area contributed by atoms with Gasteiger partial charge in [-0.2, -0.15) is 0 Å². The maximum Gasteiger partial charge on any atom is 0.310 e. The highest BCUT2D eigenvalue weighted by atomic mass is 79.9. The minimum absolute atomic E-state index is 0.00195. The number of benzene rings is 2. The number of esters is 1. The molecular weight excluding hydrogens is 456 g/mol. The summed E-state index contributed by atoms with van der Waals surface area (Å²) in [4.78, 5) is 12.8. The summed E-state index contributed by atoms with van der Waals surface area (Å²) in [7, 11) is 6.19. The highest BCUT2D eigenvalue weighted by Gasteiger charge is 2.49. The molecular formula is C22H23BrO7. The summed E-state index contributed by atoms with van der Waals surface area (Å²) in [6.45, 7) is 0.368. The number of carbonyl (C=O) groups is 1. The summed E-state index contributed by atoms with van der Waals surface area (Å²) in [6.07, 6.45) is 0.662. The van der Waals surface area contributed by atoms with Gasteiger partial charge in [0.15, 0.2) is 23.0 Å². The number of rotatable bonds is 5. The Morgan fingerprint density at radius 3 is 2.33 bits per heavy atom. The Morgan fingerprint density at radius 2 is 1.70 bits per heavy atom. The lowest BCUT2D eigenvalue weighted by Crippen LogP contribution is -2.32. The van der Waals surface area contributed by atoms with Crippen LogP contribution in [0.2, 0.25) is 0 Å². The number of fused-ring (bicyclic) bond motifs is 2. The summed E-state index contributed by atoms with van der Waals surface area (Å²) in [6, 6.07) is 5.49. The van der Waals surface area contributed by atoms with Gasteiger partial charge in [0.25, 0.3) is 0 Å². The number of halogens is 1. The highest BCUT2D eigenvalue weighted by molar-refractivity contribution is 9.10. The van der Waals surface area contributed by atoms with Crippen molar-refractivity contribution in [1.29, 1.82) is 0 Å². The molecule has 2 aromatic carbocycles. The Kier molecular flexibility index (Phi) is 5.44. The van der Waals surface area contributed by atoms with Crippen LogP contribution in [-0.4, -0.2) is 46.1 Å². The fourth-order valence-electron chi connectivity index (χ4n) is 4.68. The topological polar surface area (TPSA) is 83.5 Å². The number of cyclic esters (lactones) is 1. The second kappa shape index (κ2) is 7.91. The summed E-state index contributed by atoms with van der Waals surface area (Å²) in [5.41, 5.74) is 2.67. The Balaban J connectivity index is 2.02. The third-order valence-corrected chi connectivity index (χ3v) is 6.56.